The SMILES string of the molecule is CC1CC(O)C(O)CO1.CO[C@H]1OC(C)[C@@H](OCc2ccccc2)C(OCc2ccccc2)C1O. The third kappa shape index (κ3) is 8.34. The monoisotopic (exact) mass is 490 g/mol. The number of aliphatic hydroxyl groups is 3. The van der Waals surface area contributed by atoms with Crippen molar-refractivity contribution < 1.29 is 39.0 Å². The van der Waals surface area contributed by atoms with Gasteiger partial charge in [0.1, 0.15) is 24.4 Å². The van der Waals surface area contributed by atoms with Crippen LogP contribution in [0.5, 0.6) is 0 Å². The quantitative estimate of drug-likeness (QED) is 0.543. The molecule has 35 heavy (non-hydrogen) atoms. The summed E-state index contributed by atoms with van der Waals surface area (Å²) in [5, 5.41) is 28.6. The summed E-state index contributed by atoms with van der Waals surface area (Å²) in [4.78, 5) is 0. The molecule has 2 aromatic carbocycles. The smallest absolute Gasteiger partial charge is 0.186 e. The first-order valence-corrected chi connectivity index (χ1v) is 12.0. The van der Waals surface area contributed by atoms with Gasteiger partial charge in [-0.2, -0.15) is 0 Å². The Morgan fingerprint density at radius 1 is 0.800 bits per heavy atom. The molecule has 0 spiro atoms. The van der Waals surface area contributed by atoms with Gasteiger partial charge in [-0.3, -0.25) is 0 Å². The zero-order chi connectivity index (χ0) is 25.2. The molecule has 6 unspecified atom stereocenters. The number of rotatable bonds is 7. The highest BCUT2D eigenvalue weighted by molar-refractivity contribution is 5.14. The lowest BCUT2D eigenvalue weighted by molar-refractivity contribution is -0.303. The largest absolute Gasteiger partial charge is 0.390 e. The van der Waals surface area contributed by atoms with Crippen molar-refractivity contribution in [3.05, 3.63) is 71.8 Å². The summed E-state index contributed by atoms with van der Waals surface area (Å²) in [6, 6.07) is 19.8. The van der Waals surface area contributed by atoms with Crippen LogP contribution in [0.25, 0.3) is 0 Å². The van der Waals surface area contributed by atoms with E-state index in [9.17, 15) is 5.11 Å². The Kier molecular flexibility index (Phi) is 11.1. The van der Waals surface area contributed by atoms with Gasteiger partial charge in [0.05, 0.1) is 38.1 Å². The molecule has 8 heteroatoms. The third-order valence-corrected chi connectivity index (χ3v) is 6.12. The third-order valence-electron chi connectivity index (χ3n) is 6.12. The number of hydrogen-bond acceptors (Lipinski definition) is 8. The fourth-order valence-electron chi connectivity index (χ4n) is 4.08. The summed E-state index contributed by atoms with van der Waals surface area (Å²) in [5.41, 5.74) is 2.10. The van der Waals surface area contributed by atoms with Crippen molar-refractivity contribution in [2.24, 2.45) is 0 Å². The first-order chi connectivity index (χ1) is 16.9. The van der Waals surface area contributed by atoms with Crippen LogP contribution in [-0.2, 0) is 36.9 Å². The van der Waals surface area contributed by atoms with Crippen LogP contribution in [0.15, 0.2) is 60.7 Å². The molecule has 2 aromatic rings. The molecule has 8 nitrogen and oxygen atoms in total. The van der Waals surface area contributed by atoms with Crippen LogP contribution in [0.4, 0.5) is 0 Å². The highest BCUT2D eigenvalue weighted by Crippen LogP contribution is 2.27. The summed E-state index contributed by atoms with van der Waals surface area (Å²) in [5.74, 6) is 0. The average Bonchev–Trinajstić information content (AvgIpc) is 2.87. The van der Waals surface area contributed by atoms with Gasteiger partial charge in [-0.15, -0.1) is 0 Å². The van der Waals surface area contributed by atoms with Crippen LogP contribution in [0.2, 0.25) is 0 Å². The highest BCUT2D eigenvalue weighted by atomic mass is 16.7. The van der Waals surface area contributed by atoms with Crippen LogP contribution < -0.4 is 0 Å². The fraction of sp³-hybridized carbons (Fsp3) is 0.556. The molecule has 3 N–H and O–H groups in total. The molecule has 8 atom stereocenters. The lowest BCUT2D eigenvalue weighted by Crippen LogP contribution is -2.58. The van der Waals surface area contributed by atoms with E-state index in [0.29, 0.717) is 19.6 Å². The van der Waals surface area contributed by atoms with Gasteiger partial charge in [0.25, 0.3) is 0 Å². The van der Waals surface area contributed by atoms with E-state index in [1.54, 1.807) is 0 Å². The number of aliphatic hydroxyl groups excluding tert-OH is 3. The van der Waals surface area contributed by atoms with Gasteiger partial charge in [-0.1, -0.05) is 60.7 Å². The van der Waals surface area contributed by atoms with E-state index in [1.165, 1.54) is 7.11 Å². The van der Waals surface area contributed by atoms with Gasteiger partial charge in [-0.25, -0.2) is 0 Å². The summed E-state index contributed by atoms with van der Waals surface area (Å²) < 4.78 is 28.2. The summed E-state index contributed by atoms with van der Waals surface area (Å²) in [6.07, 6.45) is -3.52. The summed E-state index contributed by atoms with van der Waals surface area (Å²) >= 11 is 0. The molecular formula is C27H38O8. The van der Waals surface area contributed by atoms with Gasteiger partial charge in [0.2, 0.25) is 0 Å². The minimum atomic E-state index is -0.930. The zero-order valence-corrected chi connectivity index (χ0v) is 20.6. The molecule has 0 amide bonds. The first-order valence-electron chi connectivity index (χ1n) is 12.0. The second-order valence-electron chi connectivity index (χ2n) is 8.97. The molecule has 194 valence electrons. The summed E-state index contributed by atoms with van der Waals surface area (Å²) in [7, 11) is 1.51. The molecule has 4 rings (SSSR count). The van der Waals surface area contributed by atoms with E-state index in [4.69, 9.17) is 33.9 Å². The molecule has 0 aliphatic carbocycles. The highest BCUT2D eigenvalue weighted by Gasteiger charge is 2.45. The molecular weight excluding hydrogens is 452 g/mol. The molecule has 2 saturated heterocycles. The van der Waals surface area contributed by atoms with Crippen molar-refractivity contribution in [1.82, 2.24) is 0 Å². The first kappa shape index (κ1) is 27.7. The van der Waals surface area contributed by atoms with Crippen LogP contribution >= 0.6 is 0 Å². The minimum Gasteiger partial charge on any atom is -0.390 e. The zero-order valence-electron chi connectivity index (χ0n) is 20.6. The van der Waals surface area contributed by atoms with Crippen molar-refractivity contribution in [2.75, 3.05) is 13.7 Å². The van der Waals surface area contributed by atoms with Crippen LogP contribution in [0, 0.1) is 0 Å². The van der Waals surface area contributed by atoms with Gasteiger partial charge >= 0.3 is 0 Å². The van der Waals surface area contributed by atoms with Gasteiger partial charge in [0, 0.05) is 13.5 Å². The lowest BCUT2D eigenvalue weighted by atomic mass is 9.99. The molecule has 2 fully saturated rings. The molecule has 0 aromatic heterocycles. The maximum atomic E-state index is 10.6. The van der Waals surface area contributed by atoms with E-state index < -0.39 is 36.8 Å². The van der Waals surface area contributed by atoms with Crippen molar-refractivity contribution in [2.45, 2.75) is 82.5 Å². The van der Waals surface area contributed by atoms with E-state index >= 15 is 0 Å². The predicted molar refractivity (Wildman–Crippen MR) is 129 cm³/mol. The molecule has 0 radical (unpaired) electrons. The van der Waals surface area contributed by atoms with E-state index in [1.807, 2.05) is 74.5 Å². The number of hydrogen-bond donors (Lipinski definition) is 3. The van der Waals surface area contributed by atoms with Crippen molar-refractivity contribution in [1.29, 1.82) is 0 Å². The predicted octanol–water partition coefficient (Wildman–Crippen LogP) is 2.43. The standard InChI is InChI=1S/C21H26O5.C6H12O3/c1-15-19(24-13-16-9-5-3-6-10-16)20(18(22)21(23-2)26-15)25-14-17-11-7-4-8-12-17;1-4-2-5(7)6(8)3-9-4/h3-12,15,18-22H,13-14H2,1-2H3;4-8H,2-3H2,1H3/t15?,18?,19-,20?,21+;/m1./s1. The van der Waals surface area contributed by atoms with Crippen molar-refractivity contribution >= 4 is 0 Å². The van der Waals surface area contributed by atoms with Crippen molar-refractivity contribution in [3.63, 3.8) is 0 Å². The van der Waals surface area contributed by atoms with Gasteiger partial charge in [0.15, 0.2) is 6.29 Å². The molecule has 2 aliphatic heterocycles. The molecule has 2 heterocycles. The Labute approximate surface area is 207 Å². The maximum Gasteiger partial charge on any atom is 0.186 e. The second-order valence-corrected chi connectivity index (χ2v) is 8.97. The van der Waals surface area contributed by atoms with Gasteiger partial charge < -0.3 is 39.0 Å². The minimum absolute atomic E-state index is 0.0865. The summed E-state index contributed by atoms with van der Waals surface area (Å²) in [6.45, 7) is 4.87. The van der Waals surface area contributed by atoms with Crippen LogP contribution in [-0.4, -0.2) is 78.1 Å². The van der Waals surface area contributed by atoms with Gasteiger partial charge in [-0.05, 0) is 25.0 Å². The second kappa shape index (κ2) is 14.0. The fourth-order valence-corrected chi connectivity index (χ4v) is 4.08. The Bertz CT molecular complexity index is 836. The molecule has 2 aliphatic rings. The maximum absolute atomic E-state index is 10.6. The normalized spacial score (nSPS) is 33.0. The number of methoxy groups -OCH3 is 1. The van der Waals surface area contributed by atoms with Crippen LogP contribution in [0.1, 0.15) is 31.4 Å². The number of benzene rings is 2. The van der Waals surface area contributed by atoms with E-state index in [-0.39, 0.29) is 18.8 Å². The Morgan fingerprint density at radius 3 is 1.83 bits per heavy atom. The Morgan fingerprint density at radius 2 is 1.34 bits per heavy atom. The van der Waals surface area contributed by atoms with Crippen LogP contribution in [0.3, 0.4) is 0 Å². The van der Waals surface area contributed by atoms with Crippen molar-refractivity contribution in [3.8, 4) is 0 Å². The molecule has 0 saturated carbocycles. The average molecular weight is 491 g/mol. The lowest BCUT2D eigenvalue weighted by Gasteiger charge is -2.42. The number of ether oxygens (including phenoxy) is 5. The Hall–Kier alpha value is -1.88. The topological polar surface area (TPSA) is 107 Å². The molecule has 0 bridgehead atoms. The van der Waals surface area contributed by atoms with E-state index in [2.05, 4.69) is 0 Å². The Balaban J connectivity index is 0.000000320. The van der Waals surface area contributed by atoms with E-state index in [0.717, 1.165) is 11.1 Å².